The van der Waals surface area contributed by atoms with E-state index in [0.717, 1.165) is 12.8 Å². The number of rotatable bonds is 2. The molecule has 0 saturated carbocycles. The second kappa shape index (κ2) is 7.37. The molecule has 7 heteroatoms. The van der Waals surface area contributed by atoms with E-state index in [1.807, 2.05) is 20.8 Å². The van der Waals surface area contributed by atoms with Crippen molar-refractivity contribution in [1.82, 2.24) is 4.90 Å². The molecule has 1 heterocycles. The van der Waals surface area contributed by atoms with Crippen molar-refractivity contribution >= 4 is 46.6 Å². The summed E-state index contributed by atoms with van der Waals surface area (Å²) < 4.78 is 5.39. The monoisotopic (exact) mass is 378 g/mol. The first kappa shape index (κ1) is 18.5. The van der Waals surface area contributed by atoms with Crippen molar-refractivity contribution in [1.29, 1.82) is 0 Å². The lowest BCUT2D eigenvalue weighted by atomic mass is 10.0. The molecule has 1 aromatic carbocycles. The number of carbonyl (C=O) groups excluding carboxylic acids is 1. The summed E-state index contributed by atoms with van der Waals surface area (Å²) in [6.07, 6.45) is 1.33. The first-order valence-corrected chi connectivity index (χ1v) is 8.68. The Bertz CT molecular complexity index is 556. The summed E-state index contributed by atoms with van der Waals surface area (Å²) in [4.78, 5) is 13.8. The number of carbonyl (C=O) groups is 1. The molecule has 128 valence electrons. The van der Waals surface area contributed by atoms with Crippen LogP contribution in [0.15, 0.2) is 12.1 Å². The predicted octanol–water partition coefficient (Wildman–Crippen LogP) is 5.46. The second-order valence-electron chi connectivity index (χ2n) is 6.63. The summed E-state index contributed by atoms with van der Waals surface area (Å²) in [5, 5.41) is 4.85. The lowest BCUT2D eigenvalue weighted by molar-refractivity contribution is 0.0210. The zero-order chi connectivity index (χ0) is 17.2. The number of amides is 1. The summed E-state index contributed by atoms with van der Waals surface area (Å²) in [5.74, 6) is 0. The first-order chi connectivity index (χ1) is 10.7. The predicted molar refractivity (Wildman–Crippen MR) is 95.9 cm³/mol. The molecular weight excluding hydrogens is 359 g/mol. The summed E-state index contributed by atoms with van der Waals surface area (Å²) >= 11 is 18.3. The number of nitrogens with zero attached hydrogens (tertiary/aromatic N) is 1. The molecule has 0 spiro atoms. The second-order valence-corrected chi connectivity index (χ2v) is 7.88. The van der Waals surface area contributed by atoms with Crippen LogP contribution in [0.25, 0.3) is 0 Å². The van der Waals surface area contributed by atoms with Gasteiger partial charge in [0, 0.05) is 24.2 Å². The molecule has 23 heavy (non-hydrogen) atoms. The van der Waals surface area contributed by atoms with Gasteiger partial charge in [-0.1, -0.05) is 34.8 Å². The van der Waals surface area contributed by atoms with Crippen LogP contribution in [-0.4, -0.2) is 35.7 Å². The van der Waals surface area contributed by atoms with E-state index < -0.39 is 5.60 Å². The quantitative estimate of drug-likeness (QED) is 0.742. The molecule has 2 rings (SSSR count). The maximum Gasteiger partial charge on any atom is 0.410 e. The molecule has 0 aliphatic carbocycles. The van der Waals surface area contributed by atoms with Gasteiger partial charge in [0.25, 0.3) is 0 Å². The fourth-order valence-electron chi connectivity index (χ4n) is 2.42. The number of hydrogen-bond donors (Lipinski definition) is 1. The minimum absolute atomic E-state index is 0.199. The Morgan fingerprint density at radius 2 is 1.70 bits per heavy atom. The van der Waals surface area contributed by atoms with Gasteiger partial charge >= 0.3 is 6.09 Å². The molecule has 1 aromatic rings. The Morgan fingerprint density at radius 1 is 1.17 bits per heavy atom. The number of likely N-dealkylation sites (tertiary alicyclic amines) is 1. The third-order valence-corrected chi connectivity index (χ3v) is 4.32. The van der Waals surface area contributed by atoms with E-state index in [4.69, 9.17) is 39.5 Å². The minimum Gasteiger partial charge on any atom is -0.444 e. The van der Waals surface area contributed by atoms with Crippen LogP contribution < -0.4 is 5.32 Å². The van der Waals surface area contributed by atoms with Gasteiger partial charge in [-0.2, -0.15) is 0 Å². The third-order valence-electron chi connectivity index (χ3n) is 3.50. The van der Waals surface area contributed by atoms with Crippen molar-refractivity contribution in [3.05, 3.63) is 27.2 Å². The zero-order valence-corrected chi connectivity index (χ0v) is 15.7. The van der Waals surface area contributed by atoms with Crippen LogP contribution in [0.3, 0.4) is 0 Å². The van der Waals surface area contributed by atoms with Crippen molar-refractivity contribution in [2.24, 2.45) is 0 Å². The van der Waals surface area contributed by atoms with E-state index in [1.54, 1.807) is 17.0 Å². The van der Waals surface area contributed by atoms with E-state index in [2.05, 4.69) is 5.32 Å². The standard InChI is InChI=1S/C16H21Cl3N2O2/c1-16(2,3)23-15(22)21-6-4-11(5-7-21)20-14-12(18)8-10(17)9-13(14)19/h8-9,11,20H,4-7H2,1-3H3. The highest BCUT2D eigenvalue weighted by Crippen LogP contribution is 2.35. The number of ether oxygens (including phenoxy) is 1. The summed E-state index contributed by atoms with van der Waals surface area (Å²) in [6, 6.07) is 3.52. The Labute approximate surface area is 152 Å². The molecule has 1 amide bonds. The number of anilines is 1. The van der Waals surface area contributed by atoms with Gasteiger partial charge in [0.15, 0.2) is 0 Å². The minimum atomic E-state index is -0.476. The maximum absolute atomic E-state index is 12.1. The fraction of sp³-hybridized carbons (Fsp3) is 0.562. The highest BCUT2D eigenvalue weighted by Gasteiger charge is 2.27. The normalized spacial score (nSPS) is 16.3. The van der Waals surface area contributed by atoms with Crippen molar-refractivity contribution < 1.29 is 9.53 Å². The average Bonchev–Trinajstić information content (AvgIpc) is 2.41. The van der Waals surface area contributed by atoms with Gasteiger partial charge < -0.3 is 15.0 Å². The molecule has 1 saturated heterocycles. The van der Waals surface area contributed by atoms with E-state index in [1.165, 1.54) is 0 Å². The van der Waals surface area contributed by atoms with Gasteiger partial charge in [-0.25, -0.2) is 4.79 Å². The maximum atomic E-state index is 12.1. The number of hydrogen-bond acceptors (Lipinski definition) is 3. The lowest BCUT2D eigenvalue weighted by Crippen LogP contribution is -2.44. The van der Waals surface area contributed by atoms with Gasteiger partial charge in [0.05, 0.1) is 15.7 Å². The van der Waals surface area contributed by atoms with E-state index in [-0.39, 0.29) is 12.1 Å². The highest BCUT2D eigenvalue weighted by molar-refractivity contribution is 6.41. The van der Waals surface area contributed by atoms with Crippen molar-refractivity contribution in [3.63, 3.8) is 0 Å². The Balaban J connectivity index is 1.92. The van der Waals surface area contributed by atoms with Gasteiger partial charge in [-0.15, -0.1) is 0 Å². The van der Waals surface area contributed by atoms with Crippen molar-refractivity contribution in [3.8, 4) is 0 Å². The summed E-state index contributed by atoms with van der Waals surface area (Å²) in [5.41, 5.74) is 0.213. The van der Waals surface area contributed by atoms with Crippen LogP contribution in [0.1, 0.15) is 33.6 Å². The molecule has 0 aromatic heterocycles. The van der Waals surface area contributed by atoms with Crippen molar-refractivity contribution in [2.45, 2.75) is 45.3 Å². The van der Waals surface area contributed by atoms with Gasteiger partial charge in [-0.3, -0.25) is 0 Å². The number of nitrogens with one attached hydrogen (secondary N) is 1. The number of benzene rings is 1. The first-order valence-electron chi connectivity index (χ1n) is 7.55. The van der Waals surface area contributed by atoms with Crippen LogP contribution >= 0.6 is 34.8 Å². The summed E-state index contributed by atoms with van der Waals surface area (Å²) in [6.45, 7) is 6.86. The van der Waals surface area contributed by atoms with Crippen LogP contribution in [-0.2, 0) is 4.74 Å². The fourth-order valence-corrected chi connectivity index (χ4v) is 3.34. The molecule has 1 fully saturated rings. The molecule has 0 unspecified atom stereocenters. The Kier molecular flexibility index (Phi) is 5.93. The molecule has 0 radical (unpaired) electrons. The lowest BCUT2D eigenvalue weighted by Gasteiger charge is -2.34. The number of halogens is 3. The molecule has 1 aliphatic heterocycles. The molecule has 1 aliphatic rings. The zero-order valence-electron chi connectivity index (χ0n) is 13.5. The molecular formula is C16H21Cl3N2O2. The summed E-state index contributed by atoms with van der Waals surface area (Å²) in [7, 11) is 0. The largest absolute Gasteiger partial charge is 0.444 e. The molecule has 4 nitrogen and oxygen atoms in total. The van der Waals surface area contributed by atoms with Gasteiger partial charge in [-0.05, 0) is 45.7 Å². The average molecular weight is 380 g/mol. The van der Waals surface area contributed by atoms with Crippen LogP contribution in [0.5, 0.6) is 0 Å². The van der Waals surface area contributed by atoms with Crippen LogP contribution in [0.4, 0.5) is 10.5 Å². The molecule has 0 bridgehead atoms. The van der Waals surface area contributed by atoms with E-state index in [9.17, 15) is 4.79 Å². The topological polar surface area (TPSA) is 41.6 Å². The molecule has 0 atom stereocenters. The Hall–Kier alpha value is -0.840. The van der Waals surface area contributed by atoms with Gasteiger partial charge in [0.2, 0.25) is 0 Å². The van der Waals surface area contributed by atoms with Crippen LogP contribution in [0.2, 0.25) is 15.1 Å². The molecule has 1 N–H and O–H groups in total. The number of piperidine rings is 1. The third kappa shape index (κ3) is 5.33. The van der Waals surface area contributed by atoms with Gasteiger partial charge in [0.1, 0.15) is 5.60 Å². The van der Waals surface area contributed by atoms with E-state index in [0.29, 0.717) is 33.8 Å². The Morgan fingerprint density at radius 3 is 2.17 bits per heavy atom. The van der Waals surface area contributed by atoms with Crippen molar-refractivity contribution in [2.75, 3.05) is 18.4 Å². The SMILES string of the molecule is CC(C)(C)OC(=O)N1CCC(Nc2c(Cl)cc(Cl)cc2Cl)CC1. The highest BCUT2D eigenvalue weighted by atomic mass is 35.5. The van der Waals surface area contributed by atoms with E-state index >= 15 is 0 Å². The smallest absolute Gasteiger partial charge is 0.410 e. The van der Waals surface area contributed by atoms with Crippen LogP contribution in [0, 0.1) is 0 Å².